The van der Waals surface area contributed by atoms with E-state index in [4.69, 9.17) is 16.3 Å². The number of carbonyl (C=O) groups is 2. The van der Waals surface area contributed by atoms with Gasteiger partial charge in [0.2, 0.25) is 5.91 Å². The highest BCUT2D eigenvalue weighted by Gasteiger charge is 2.30. The van der Waals surface area contributed by atoms with Crippen LogP contribution in [0.15, 0.2) is 24.3 Å². The minimum absolute atomic E-state index is 0.0907. The van der Waals surface area contributed by atoms with Crippen LogP contribution in [-0.4, -0.2) is 80.8 Å². The van der Waals surface area contributed by atoms with Crippen molar-refractivity contribution in [3.05, 3.63) is 29.3 Å². The fourth-order valence-electron chi connectivity index (χ4n) is 3.20. The molecule has 1 aromatic carbocycles. The lowest BCUT2D eigenvalue weighted by Gasteiger charge is -2.26. The third-order valence-corrected chi connectivity index (χ3v) is 4.86. The van der Waals surface area contributed by atoms with E-state index in [-0.39, 0.29) is 18.5 Å². The number of urea groups is 1. The maximum atomic E-state index is 12.5. The van der Waals surface area contributed by atoms with Gasteiger partial charge in [-0.2, -0.15) is 0 Å². The Morgan fingerprint density at radius 1 is 1.19 bits per heavy atom. The Morgan fingerprint density at radius 3 is 2.77 bits per heavy atom. The molecule has 7 nitrogen and oxygen atoms in total. The van der Waals surface area contributed by atoms with E-state index in [1.165, 1.54) is 0 Å². The van der Waals surface area contributed by atoms with Crippen LogP contribution in [-0.2, 0) is 9.53 Å². The average molecular weight is 381 g/mol. The van der Waals surface area contributed by atoms with Gasteiger partial charge in [-0.05, 0) is 31.2 Å². The van der Waals surface area contributed by atoms with Gasteiger partial charge in [-0.15, -0.1) is 0 Å². The van der Waals surface area contributed by atoms with E-state index in [1.54, 1.807) is 21.9 Å². The van der Waals surface area contributed by atoms with Crippen molar-refractivity contribution >= 4 is 29.2 Å². The highest BCUT2D eigenvalue weighted by molar-refractivity contribution is 6.30. The molecule has 2 heterocycles. The van der Waals surface area contributed by atoms with E-state index in [9.17, 15) is 9.59 Å². The number of nitrogens with zero attached hydrogens (tertiary/aromatic N) is 3. The van der Waals surface area contributed by atoms with Crippen LogP contribution in [0.3, 0.4) is 0 Å². The Kier molecular flexibility index (Phi) is 6.71. The van der Waals surface area contributed by atoms with Crippen LogP contribution in [0, 0.1) is 0 Å². The van der Waals surface area contributed by atoms with Crippen LogP contribution in [0.2, 0.25) is 5.02 Å². The van der Waals surface area contributed by atoms with Gasteiger partial charge in [-0.3, -0.25) is 14.6 Å². The maximum absolute atomic E-state index is 12.5. The molecule has 0 unspecified atom stereocenters. The molecule has 0 bridgehead atoms. The number of amides is 3. The molecule has 2 saturated heterocycles. The van der Waals surface area contributed by atoms with Gasteiger partial charge in [-0.25, -0.2) is 4.79 Å². The zero-order valence-electron chi connectivity index (χ0n) is 14.8. The Morgan fingerprint density at radius 2 is 2.00 bits per heavy atom. The number of hydrogen-bond acceptors (Lipinski definition) is 4. The number of rotatable bonds is 7. The molecule has 0 aromatic heterocycles. The van der Waals surface area contributed by atoms with Crippen LogP contribution < -0.4 is 10.2 Å². The van der Waals surface area contributed by atoms with Crippen molar-refractivity contribution in [3.63, 3.8) is 0 Å². The second kappa shape index (κ2) is 9.21. The topological polar surface area (TPSA) is 65.1 Å². The number of halogens is 1. The predicted octanol–water partition coefficient (Wildman–Crippen LogP) is 1.42. The first kappa shape index (κ1) is 18.9. The van der Waals surface area contributed by atoms with Gasteiger partial charge in [0, 0.05) is 43.4 Å². The third kappa shape index (κ3) is 5.09. The summed E-state index contributed by atoms with van der Waals surface area (Å²) in [6.45, 7) is 6.23. The molecule has 3 rings (SSSR count). The van der Waals surface area contributed by atoms with Gasteiger partial charge < -0.3 is 15.0 Å². The third-order valence-electron chi connectivity index (χ3n) is 4.63. The van der Waals surface area contributed by atoms with E-state index in [0.29, 0.717) is 24.7 Å². The number of benzene rings is 1. The zero-order valence-corrected chi connectivity index (χ0v) is 15.6. The first-order valence-corrected chi connectivity index (χ1v) is 9.40. The van der Waals surface area contributed by atoms with E-state index in [2.05, 4.69) is 10.2 Å². The molecule has 0 radical (unpaired) electrons. The number of ether oxygens (including phenoxy) is 1. The number of nitrogens with one attached hydrogen (secondary N) is 1. The van der Waals surface area contributed by atoms with Crippen molar-refractivity contribution in [2.75, 3.05) is 63.9 Å². The first-order valence-electron chi connectivity index (χ1n) is 9.02. The fraction of sp³-hybridized carbons (Fsp3) is 0.556. The van der Waals surface area contributed by atoms with E-state index < -0.39 is 0 Å². The summed E-state index contributed by atoms with van der Waals surface area (Å²) in [5.74, 6) is -0.117. The predicted molar refractivity (Wildman–Crippen MR) is 101 cm³/mol. The molecule has 0 aliphatic carbocycles. The van der Waals surface area contributed by atoms with Crippen LogP contribution in [0.4, 0.5) is 10.5 Å². The summed E-state index contributed by atoms with van der Waals surface area (Å²) in [5.41, 5.74) is 0.760. The Hall–Kier alpha value is -1.83. The molecular weight excluding hydrogens is 356 g/mol. The maximum Gasteiger partial charge on any atom is 0.325 e. The Balaban J connectivity index is 1.38. The average Bonchev–Trinajstić information content (AvgIpc) is 3.00. The molecule has 0 saturated carbocycles. The van der Waals surface area contributed by atoms with Crippen molar-refractivity contribution in [2.24, 2.45) is 0 Å². The van der Waals surface area contributed by atoms with Gasteiger partial charge in [0.05, 0.1) is 13.2 Å². The molecule has 2 aliphatic heterocycles. The quantitative estimate of drug-likeness (QED) is 0.727. The largest absolute Gasteiger partial charge is 0.379 e. The molecule has 1 aromatic rings. The molecule has 26 heavy (non-hydrogen) atoms. The summed E-state index contributed by atoms with van der Waals surface area (Å²) in [7, 11) is 0. The fourth-order valence-corrected chi connectivity index (χ4v) is 3.38. The molecule has 0 spiro atoms. The monoisotopic (exact) mass is 380 g/mol. The van der Waals surface area contributed by atoms with Crippen LogP contribution in [0.1, 0.15) is 6.42 Å². The summed E-state index contributed by atoms with van der Waals surface area (Å²) in [6.07, 6.45) is 0.897. The highest BCUT2D eigenvalue weighted by Crippen LogP contribution is 2.23. The van der Waals surface area contributed by atoms with Gasteiger partial charge >= 0.3 is 6.03 Å². The first-order chi connectivity index (χ1) is 12.6. The molecule has 0 atom stereocenters. The van der Waals surface area contributed by atoms with Gasteiger partial charge in [0.15, 0.2) is 0 Å². The molecule has 142 valence electrons. The van der Waals surface area contributed by atoms with E-state index in [1.807, 2.05) is 12.1 Å². The smallest absolute Gasteiger partial charge is 0.325 e. The summed E-state index contributed by atoms with van der Waals surface area (Å²) in [6, 6.07) is 7.03. The number of morpholine rings is 1. The minimum atomic E-state index is -0.157. The standard InChI is InChI=1S/C18H25ClN4O3/c19-15-3-1-4-16(13-15)23-8-7-22(18(23)25)14-17(24)20-5-2-6-21-9-11-26-12-10-21/h1,3-4,13H,2,5-12,14H2,(H,20,24). The molecule has 2 fully saturated rings. The Bertz CT molecular complexity index is 637. The van der Waals surface area contributed by atoms with Crippen molar-refractivity contribution in [2.45, 2.75) is 6.42 Å². The summed E-state index contributed by atoms with van der Waals surface area (Å²) in [5, 5.41) is 3.49. The molecule has 8 heteroatoms. The number of anilines is 1. The highest BCUT2D eigenvalue weighted by atomic mass is 35.5. The normalized spacial score (nSPS) is 18.4. The summed E-state index contributed by atoms with van der Waals surface area (Å²) in [4.78, 5) is 30.2. The van der Waals surface area contributed by atoms with Crippen molar-refractivity contribution in [3.8, 4) is 0 Å². The number of hydrogen-bond donors (Lipinski definition) is 1. The second-order valence-corrected chi connectivity index (χ2v) is 6.93. The molecule has 1 N–H and O–H groups in total. The lowest BCUT2D eigenvalue weighted by molar-refractivity contribution is -0.121. The van der Waals surface area contributed by atoms with Crippen molar-refractivity contribution in [1.29, 1.82) is 0 Å². The van der Waals surface area contributed by atoms with E-state index in [0.717, 1.165) is 45.0 Å². The zero-order chi connectivity index (χ0) is 18.4. The van der Waals surface area contributed by atoms with Gasteiger partial charge in [-0.1, -0.05) is 17.7 Å². The van der Waals surface area contributed by atoms with Crippen LogP contribution in [0.5, 0.6) is 0 Å². The van der Waals surface area contributed by atoms with Crippen LogP contribution >= 0.6 is 11.6 Å². The van der Waals surface area contributed by atoms with Gasteiger partial charge in [0.25, 0.3) is 0 Å². The SMILES string of the molecule is O=C(CN1CCN(c2cccc(Cl)c2)C1=O)NCCCN1CCOCC1. The van der Waals surface area contributed by atoms with Crippen molar-refractivity contribution in [1.82, 2.24) is 15.1 Å². The summed E-state index contributed by atoms with van der Waals surface area (Å²) >= 11 is 5.99. The lowest BCUT2D eigenvalue weighted by Crippen LogP contribution is -2.41. The van der Waals surface area contributed by atoms with Crippen LogP contribution in [0.25, 0.3) is 0 Å². The molecule has 3 amide bonds. The summed E-state index contributed by atoms with van der Waals surface area (Å²) < 4.78 is 5.32. The molecule has 2 aliphatic rings. The molecular formula is C18H25ClN4O3. The van der Waals surface area contributed by atoms with Crippen molar-refractivity contribution < 1.29 is 14.3 Å². The number of carbonyl (C=O) groups excluding carboxylic acids is 2. The second-order valence-electron chi connectivity index (χ2n) is 6.49. The Labute approximate surface area is 158 Å². The van der Waals surface area contributed by atoms with E-state index >= 15 is 0 Å². The lowest BCUT2D eigenvalue weighted by atomic mass is 10.3. The minimum Gasteiger partial charge on any atom is -0.379 e. The van der Waals surface area contributed by atoms with Gasteiger partial charge in [0.1, 0.15) is 6.54 Å².